The van der Waals surface area contributed by atoms with E-state index in [0.717, 1.165) is 5.56 Å². The highest BCUT2D eigenvalue weighted by Gasteiger charge is 2.39. The van der Waals surface area contributed by atoms with E-state index in [0.29, 0.717) is 24.9 Å². The third kappa shape index (κ3) is 7.28. The minimum Gasteiger partial charge on any atom is -0.466 e. The van der Waals surface area contributed by atoms with Gasteiger partial charge in [-0.1, -0.05) is 42.5 Å². The van der Waals surface area contributed by atoms with E-state index in [4.69, 9.17) is 15.2 Å². The molecule has 2 aromatic rings. The number of nitro benzene ring substituents is 1. The first kappa shape index (κ1) is 28.1. The van der Waals surface area contributed by atoms with Crippen LogP contribution in [0.1, 0.15) is 43.2 Å². The number of nitrogens with zero attached hydrogens (tertiary/aromatic N) is 2. The highest BCUT2D eigenvalue weighted by molar-refractivity contribution is 5.92. The Morgan fingerprint density at radius 3 is 2.39 bits per heavy atom. The molecule has 1 saturated heterocycles. The van der Waals surface area contributed by atoms with Gasteiger partial charge in [0, 0.05) is 24.6 Å². The molecule has 38 heavy (non-hydrogen) atoms. The second-order valence-electron chi connectivity index (χ2n) is 8.74. The van der Waals surface area contributed by atoms with Crippen molar-refractivity contribution in [3.8, 4) is 0 Å². The summed E-state index contributed by atoms with van der Waals surface area (Å²) in [6.07, 6.45) is -0.0836. The van der Waals surface area contributed by atoms with E-state index in [2.05, 4.69) is 5.32 Å². The Morgan fingerprint density at radius 1 is 1.11 bits per heavy atom. The minimum atomic E-state index is -1.35. The summed E-state index contributed by atoms with van der Waals surface area (Å²) in [4.78, 5) is 62.6. The fraction of sp³-hybridized carbons (Fsp3) is 0.385. The smallest absolute Gasteiger partial charge is 0.410 e. The van der Waals surface area contributed by atoms with E-state index in [-0.39, 0.29) is 25.3 Å². The maximum absolute atomic E-state index is 13.3. The van der Waals surface area contributed by atoms with Crippen LogP contribution in [-0.4, -0.2) is 58.9 Å². The molecule has 3 atom stereocenters. The van der Waals surface area contributed by atoms with Crippen LogP contribution in [0.15, 0.2) is 54.6 Å². The van der Waals surface area contributed by atoms with Gasteiger partial charge in [0.2, 0.25) is 11.8 Å². The SMILES string of the molecule is CCOC(=O)C[C@H](c1ccc([N+](=O)[O-])cc1)[C@@H](NC(=O)[C@H]1CCCN1C(=O)OCc1ccccc1)C(N)=O. The number of hydrogen-bond donors (Lipinski definition) is 2. The van der Waals surface area contributed by atoms with Crippen molar-refractivity contribution >= 4 is 29.6 Å². The number of nitro groups is 1. The van der Waals surface area contributed by atoms with Crippen molar-refractivity contribution in [2.75, 3.05) is 13.2 Å². The normalized spacial score (nSPS) is 16.2. The van der Waals surface area contributed by atoms with Crippen LogP contribution in [0.4, 0.5) is 10.5 Å². The van der Waals surface area contributed by atoms with Gasteiger partial charge in [-0.2, -0.15) is 0 Å². The summed E-state index contributed by atoms with van der Waals surface area (Å²) < 4.78 is 10.4. The van der Waals surface area contributed by atoms with Crippen LogP contribution in [-0.2, 0) is 30.5 Å². The van der Waals surface area contributed by atoms with Gasteiger partial charge in [-0.25, -0.2) is 4.79 Å². The van der Waals surface area contributed by atoms with E-state index in [1.165, 1.54) is 29.2 Å². The average molecular weight is 527 g/mol. The van der Waals surface area contributed by atoms with Crippen LogP contribution in [0.25, 0.3) is 0 Å². The van der Waals surface area contributed by atoms with Gasteiger partial charge in [-0.05, 0) is 30.9 Å². The summed E-state index contributed by atoms with van der Waals surface area (Å²) in [5, 5.41) is 13.6. The summed E-state index contributed by atoms with van der Waals surface area (Å²) >= 11 is 0. The van der Waals surface area contributed by atoms with Crippen molar-refractivity contribution in [2.24, 2.45) is 5.73 Å². The lowest BCUT2D eigenvalue weighted by Gasteiger charge is -2.29. The molecule has 202 valence electrons. The molecular weight excluding hydrogens is 496 g/mol. The molecule has 1 heterocycles. The molecule has 0 bridgehead atoms. The topological polar surface area (TPSA) is 171 Å². The van der Waals surface area contributed by atoms with E-state index >= 15 is 0 Å². The summed E-state index contributed by atoms with van der Waals surface area (Å²) in [6, 6.07) is 12.1. The molecule has 3 rings (SSSR count). The number of likely N-dealkylation sites (tertiary alicyclic amines) is 1. The van der Waals surface area contributed by atoms with Crippen LogP contribution < -0.4 is 11.1 Å². The first-order chi connectivity index (χ1) is 18.2. The van der Waals surface area contributed by atoms with Crippen LogP contribution in [0.5, 0.6) is 0 Å². The maximum atomic E-state index is 13.3. The van der Waals surface area contributed by atoms with Gasteiger partial charge in [0.15, 0.2) is 0 Å². The van der Waals surface area contributed by atoms with Crippen molar-refractivity contribution in [3.05, 3.63) is 75.8 Å². The summed E-state index contributed by atoms with van der Waals surface area (Å²) in [5.41, 5.74) is 6.62. The summed E-state index contributed by atoms with van der Waals surface area (Å²) in [7, 11) is 0. The van der Waals surface area contributed by atoms with Crippen molar-refractivity contribution in [1.29, 1.82) is 0 Å². The molecule has 0 radical (unpaired) electrons. The number of carbonyl (C=O) groups is 4. The molecule has 12 nitrogen and oxygen atoms in total. The molecule has 12 heteroatoms. The zero-order chi connectivity index (χ0) is 27.7. The highest BCUT2D eigenvalue weighted by Crippen LogP contribution is 2.28. The zero-order valence-corrected chi connectivity index (χ0v) is 20.9. The fourth-order valence-corrected chi connectivity index (χ4v) is 4.35. The number of nitrogens with two attached hydrogens (primary N) is 1. The molecule has 0 spiro atoms. The number of nitrogens with one attached hydrogen (secondary N) is 1. The summed E-state index contributed by atoms with van der Waals surface area (Å²) in [6.45, 7) is 2.05. The van der Waals surface area contributed by atoms with Crippen molar-refractivity contribution < 1.29 is 33.6 Å². The lowest BCUT2D eigenvalue weighted by atomic mass is 9.87. The first-order valence-corrected chi connectivity index (χ1v) is 12.2. The highest BCUT2D eigenvalue weighted by atomic mass is 16.6. The molecule has 1 aliphatic heterocycles. The van der Waals surface area contributed by atoms with Gasteiger partial charge >= 0.3 is 12.1 Å². The molecule has 3 N–H and O–H groups in total. The Labute approximate surface area is 219 Å². The van der Waals surface area contributed by atoms with Gasteiger partial charge in [-0.15, -0.1) is 0 Å². The standard InChI is InChI=1S/C26H30N4O8/c1-2-37-22(31)15-20(18-10-12-19(13-11-18)30(35)36)23(24(27)32)28-25(33)21-9-6-14-29(21)26(34)38-16-17-7-4-3-5-8-17/h3-5,7-8,10-13,20-21,23H,2,6,9,14-16H2,1H3,(H2,27,32)(H,28,33)/t20-,21-,23-/m1/s1. The number of carbonyl (C=O) groups excluding carboxylic acids is 4. The molecule has 0 unspecified atom stereocenters. The monoisotopic (exact) mass is 526 g/mol. The van der Waals surface area contributed by atoms with Gasteiger partial charge in [0.25, 0.3) is 5.69 Å². The van der Waals surface area contributed by atoms with Gasteiger partial charge in [0.05, 0.1) is 18.0 Å². The predicted octanol–water partition coefficient (Wildman–Crippen LogP) is 2.40. The molecular formula is C26H30N4O8. The lowest BCUT2D eigenvalue weighted by Crippen LogP contribution is -2.54. The van der Waals surface area contributed by atoms with Crippen molar-refractivity contribution in [2.45, 2.75) is 50.8 Å². The Bertz CT molecular complexity index is 1160. The average Bonchev–Trinajstić information content (AvgIpc) is 3.40. The third-order valence-corrected chi connectivity index (χ3v) is 6.23. The van der Waals surface area contributed by atoms with Crippen LogP contribution in [0.3, 0.4) is 0 Å². The van der Waals surface area contributed by atoms with E-state index in [1.807, 2.05) is 18.2 Å². The maximum Gasteiger partial charge on any atom is 0.410 e. The van der Waals surface area contributed by atoms with E-state index < -0.39 is 46.8 Å². The van der Waals surface area contributed by atoms with Gasteiger partial charge in [-0.3, -0.25) is 29.4 Å². The Kier molecular flexibility index (Phi) is 9.74. The van der Waals surface area contributed by atoms with E-state index in [9.17, 15) is 29.3 Å². The fourth-order valence-electron chi connectivity index (χ4n) is 4.35. The van der Waals surface area contributed by atoms with Gasteiger partial charge < -0.3 is 20.5 Å². The predicted molar refractivity (Wildman–Crippen MR) is 135 cm³/mol. The molecule has 0 aromatic heterocycles. The second kappa shape index (κ2) is 13.2. The second-order valence-corrected chi connectivity index (χ2v) is 8.74. The molecule has 3 amide bonds. The Hall–Kier alpha value is -4.48. The number of amides is 3. The minimum absolute atomic E-state index is 0.0379. The third-order valence-electron chi connectivity index (χ3n) is 6.23. The summed E-state index contributed by atoms with van der Waals surface area (Å²) in [5.74, 6) is -3.14. The van der Waals surface area contributed by atoms with E-state index in [1.54, 1.807) is 19.1 Å². The first-order valence-electron chi connectivity index (χ1n) is 12.2. The lowest BCUT2D eigenvalue weighted by molar-refractivity contribution is -0.384. The number of esters is 1. The molecule has 1 aliphatic rings. The number of rotatable bonds is 11. The van der Waals surface area contributed by atoms with Crippen LogP contribution in [0, 0.1) is 10.1 Å². The Balaban J connectivity index is 1.77. The van der Waals surface area contributed by atoms with Crippen molar-refractivity contribution in [3.63, 3.8) is 0 Å². The molecule has 2 aromatic carbocycles. The number of hydrogen-bond acceptors (Lipinski definition) is 8. The quantitative estimate of drug-likeness (QED) is 0.255. The number of non-ortho nitro benzene ring substituents is 1. The van der Waals surface area contributed by atoms with Gasteiger partial charge in [0.1, 0.15) is 18.7 Å². The number of primary amides is 1. The number of ether oxygens (including phenoxy) is 2. The molecule has 1 fully saturated rings. The zero-order valence-electron chi connectivity index (χ0n) is 20.9. The van der Waals surface area contributed by atoms with Crippen molar-refractivity contribution in [1.82, 2.24) is 10.2 Å². The number of benzene rings is 2. The molecule has 0 saturated carbocycles. The molecule has 0 aliphatic carbocycles. The Morgan fingerprint density at radius 2 is 1.79 bits per heavy atom. The van der Waals surface area contributed by atoms with Crippen LogP contribution in [0.2, 0.25) is 0 Å². The largest absolute Gasteiger partial charge is 0.466 e. The van der Waals surface area contributed by atoms with Crippen LogP contribution >= 0.6 is 0 Å².